The summed E-state index contributed by atoms with van der Waals surface area (Å²) in [5.41, 5.74) is 0.928. The maximum Gasteiger partial charge on any atom is 0.234 e. The normalized spacial score (nSPS) is 14.5. The molecular weight excluding hydrogens is 324 g/mol. The molecule has 0 spiro atoms. The molecule has 0 aromatic heterocycles. The number of alkyl halides is 1. The number of hydrogen-bond donors (Lipinski definition) is 1. The highest BCUT2D eigenvalue weighted by Crippen LogP contribution is 2.29. The number of para-hydroxylation sites is 1. The summed E-state index contributed by atoms with van der Waals surface area (Å²) in [4.78, 5) is 25.7. The van der Waals surface area contributed by atoms with Crippen LogP contribution >= 0.6 is 11.6 Å². The van der Waals surface area contributed by atoms with E-state index >= 15 is 0 Å². The van der Waals surface area contributed by atoms with Gasteiger partial charge in [0.25, 0.3) is 0 Å². The number of nitrogens with zero attached hydrogens (tertiary/aromatic N) is 1. The lowest BCUT2D eigenvalue weighted by atomic mass is 10.0. The van der Waals surface area contributed by atoms with Gasteiger partial charge in [-0.1, -0.05) is 43.9 Å². The topological polar surface area (TPSA) is 49.4 Å². The lowest BCUT2D eigenvalue weighted by Gasteiger charge is -2.23. The van der Waals surface area contributed by atoms with Crippen molar-refractivity contribution < 1.29 is 9.59 Å². The number of nitrogens with one attached hydrogen (secondary N) is 1. The van der Waals surface area contributed by atoms with Crippen LogP contribution in [0.2, 0.25) is 0 Å². The minimum Gasteiger partial charge on any atom is -0.355 e. The van der Waals surface area contributed by atoms with E-state index in [9.17, 15) is 9.59 Å². The second-order valence-corrected chi connectivity index (χ2v) is 6.67. The molecular formula is C19H27ClN2O2. The van der Waals surface area contributed by atoms with Crippen molar-refractivity contribution in [3.8, 4) is 0 Å². The summed E-state index contributed by atoms with van der Waals surface area (Å²) in [7, 11) is 0. The van der Waals surface area contributed by atoms with Crippen LogP contribution < -0.4 is 10.2 Å². The highest BCUT2D eigenvalue weighted by molar-refractivity contribution is 6.27. The maximum absolute atomic E-state index is 12.7. The highest BCUT2D eigenvalue weighted by atomic mass is 35.5. The van der Waals surface area contributed by atoms with Crippen molar-refractivity contribution in [3.05, 3.63) is 30.3 Å². The molecule has 5 heteroatoms. The summed E-state index contributed by atoms with van der Waals surface area (Å²) in [5.74, 6) is 0.699. The number of hydrogen-bond acceptors (Lipinski definition) is 2. The average molecular weight is 351 g/mol. The first-order valence-corrected chi connectivity index (χ1v) is 9.42. The smallest absolute Gasteiger partial charge is 0.234 e. The van der Waals surface area contributed by atoms with Gasteiger partial charge in [-0.15, -0.1) is 11.6 Å². The molecule has 2 amide bonds. The third-order valence-electron chi connectivity index (χ3n) is 4.61. The van der Waals surface area contributed by atoms with E-state index in [1.807, 2.05) is 35.2 Å². The van der Waals surface area contributed by atoms with E-state index in [4.69, 9.17) is 11.6 Å². The van der Waals surface area contributed by atoms with Gasteiger partial charge in [0, 0.05) is 25.2 Å². The Morgan fingerprint density at radius 1 is 1.17 bits per heavy atom. The molecule has 1 aromatic rings. The number of carbonyl (C=O) groups is 2. The zero-order valence-corrected chi connectivity index (χ0v) is 14.9. The largest absolute Gasteiger partial charge is 0.355 e. The van der Waals surface area contributed by atoms with Gasteiger partial charge in [0.1, 0.15) is 5.88 Å². The predicted molar refractivity (Wildman–Crippen MR) is 98.3 cm³/mol. The van der Waals surface area contributed by atoms with E-state index in [1.165, 1.54) is 25.7 Å². The van der Waals surface area contributed by atoms with E-state index in [0.717, 1.165) is 18.0 Å². The molecule has 24 heavy (non-hydrogen) atoms. The molecule has 1 aromatic carbocycles. The van der Waals surface area contributed by atoms with Gasteiger partial charge in [-0.2, -0.15) is 0 Å². The first kappa shape index (κ1) is 18.8. The van der Waals surface area contributed by atoms with Crippen LogP contribution in [-0.2, 0) is 9.59 Å². The van der Waals surface area contributed by atoms with Gasteiger partial charge in [0.15, 0.2) is 0 Å². The first-order valence-electron chi connectivity index (χ1n) is 8.89. The van der Waals surface area contributed by atoms with Crippen LogP contribution in [0.4, 0.5) is 5.69 Å². The fraction of sp³-hybridized carbons (Fsp3) is 0.579. The minimum absolute atomic E-state index is 0.0251. The van der Waals surface area contributed by atoms with Gasteiger partial charge in [-0.05, 0) is 30.9 Å². The summed E-state index contributed by atoms with van der Waals surface area (Å²) in [6.07, 6.45) is 7.46. The molecule has 0 saturated heterocycles. The number of halogens is 1. The molecule has 132 valence electrons. The van der Waals surface area contributed by atoms with Crippen molar-refractivity contribution in [3.63, 3.8) is 0 Å². The summed E-state index contributed by atoms with van der Waals surface area (Å²) >= 11 is 5.47. The molecule has 1 aliphatic rings. The Morgan fingerprint density at radius 3 is 2.54 bits per heavy atom. The van der Waals surface area contributed by atoms with Crippen molar-refractivity contribution in [1.82, 2.24) is 5.32 Å². The standard InChI is InChI=1S/C19H27ClN2O2/c20-15-18(23)21-13-6-14-22(17-9-2-1-3-10-17)19(24)12-11-16-7-4-5-8-16/h1-3,9-10,16H,4-8,11-15H2,(H,21,23). The van der Waals surface area contributed by atoms with Crippen LogP contribution in [0.3, 0.4) is 0 Å². The maximum atomic E-state index is 12.7. The fourth-order valence-electron chi connectivity index (χ4n) is 3.28. The van der Waals surface area contributed by atoms with Gasteiger partial charge in [0.05, 0.1) is 0 Å². The number of rotatable bonds is 9. The molecule has 2 rings (SSSR count). The summed E-state index contributed by atoms with van der Waals surface area (Å²) in [6.45, 7) is 1.14. The second-order valence-electron chi connectivity index (χ2n) is 6.41. The zero-order valence-electron chi connectivity index (χ0n) is 14.2. The van der Waals surface area contributed by atoms with E-state index in [2.05, 4.69) is 5.32 Å². The number of carbonyl (C=O) groups excluding carboxylic acids is 2. The Kier molecular flexibility index (Phi) is 8.10. The monoisotopic (exact) mass is 350 g/mol. The molecule has 0 heterocycles. The molecule has 0 radical (unpaired) electrons. The average Bonchev–Trinajstić information content (AvgIpc) is 3.13. The Hall–Kier alpha value is -1.55. The molecule has 1 saturated carbocycles. The van der Waals surface area contributed by atoms with Crippen LogP contribution in [0.5, 0.6) is 0 Å². The number of amides is 2. The van der Waals surface area contributed by atoms with Gasteiger partial charge in [0.2, 0.25) is 11.8 Å². The summed E-state index contributed by atoms with van der Waals surface area (Å²) in [6, 6.07) is 9.77. The highest BCUT2D eigenvalue weighted by Gasteiger charge is 2.20. The van der Waals surface area contributed by atoms with Gasteiger partial charge in [-0.3, -0.25) is 9.59 Å². The fourth-order valence-corrected chi connectivity index (χ4v) is 3.37. The zero-order chi connectivity index (χ0) is 17.2. The Bertz CT molecular complexity index is 515. The lowest BCUT2D eigenvalue weighted by Crippen LogP contribution is -2.34. The molecule has 0 atom stereocenters. The third kappa shape index (κ3) is 6.16. The van der Waals surface area contributed by atoms with Crippen LogP contribution in [0, 0.1) is 5.92 Å². The van der Waals surface area contributed by atoms with Crippen LogP contribution in [-0.4, -0.2) is 30.8 Å². The van der Waals surface area contributed by atoms with E-state index in [-0.39, 0.29) is 17.7 Å². The molecule has 0 bridgehead atoms. The first-order chi connectivity index (χ1) is 11.7. The Balaban J connectivity index is 1.87. The summed E-state index contributed by atoms with van der Waals surface area (Å²) < 4.78 is 0. The van der Waals surface area contributed by atoms with Crippen LogP contribution in [0.15, 0.2) is 30.3 Å². The van der Waals surface area contributed by atoms with Gasteiger partial charge in [-0.25, -0.2) is 0 Å². The van der Waals surface area contributed by atoms with Crippen molar-refractivity contribution in [2.75, 3.05) is 23.9 Å². The molecule has 1 N–H and O–H groups in total. The summed E-state index contributed by atoms with van der Waals surface area (Å²) in [5, 5.41) is 2.75. The minimum atomic E-state index is -0.171. The predicted octanol–water partition coefficient (Wildman–Crippen LogP) is 3.74. The van der Waals surface area contributed by atoms with Crippen LogP contribution in [0.25, 0.3) is 0 Å². The SMILES string of the molecule is O=C(CCl)NCCCN(C(=O)CCC1CCCC1)c1ccccc1. The van der Waals surface area contributed by atoms with E-state index in [1.54, 1.807) is 0 Å². The van der Waals surface area contributed by atoms with Crippen molar-refractivity contribution in [2.45, 2.75) is 44.9 Å². The Morgan fingerprint density at radius 2 is 1.88 bits per heavy atom. The Labute approximate surface area is 149 Å². The lowest BCUT2D eigenvalue weighted by molar-refractivity contribution is -0.119. The molecule has 0 unspecified atom stereocenters. The van der Waals surface area contributed by atoms with Gasteiger partial charge >= 0.3 is 0 Å². The van der Waals surface area contributed by atoms with Gasteiger partial charge < -0.3 is 10.2 Å². The van der Waals surface area contributed by atoms with Crippen molar-refractivity contribution in [1.29, 1.82) is 0 Å². The third-order valence-corrected chi connectivity index (χ3v) is 4.85. The van der Waals surface area contributed by atoms with E-state index in [0.29, 0.717) is 25.9 Å². The number of benzene rings is 1. The van der Waals surface area contributed by atoms with Crippen LogP contribution in [0.1, 0.15) is 44.9 Å². The van der Waals surface area contributed by atoms with Crippen molar-refractivity contribution >= 4 is 29.1 Å². The molecule has 1 aliphatic carbocycles. The molecule has 0 aliphatic heterocycles. The quantitative estimate of drug-likeness (QED) is 0.545. The second kappa shape index (κ2) is 10.3. The molecule has 1 fully saturated rings. The molecule has 4 nitrogen and oxygen atoms in total. The van der Waals surface area contributed by atoms with E-state index < -0.39 is 0 Å². The van der Waals surface area contributed by atoms with Crippen molar-refractivity contribution in [2.24, 2.45) is 5.92 Å². The number of anilines is 1.